The molecule has 0 heterocycles. The highest BCUT2D eigenvalue weighted by Gasteiger charge is 2.20. The summed E-state index contributed by atoms with van der Waals surface area (Å²) in [7, 11) is 0. The predicted molar refractivity (Wildman–Crippen MR) is 54.7 cm³/mol. The average Bonchev–Trinajstić information content (AvgIpc) is 2.26. The van der Waals surface area contributed by atoms with E-state index >= 15 is 0 Å². The molecule has 0 radical (unpaired) electrons. The topological polar surface area (TPSA) is 69.4 Å². The highest BCUT2D eigenvalue weighted by molar-refractivity contribution is 5.87. The van der Waals surface area contributed by atoms with E-state index in [1.165, 1.54) is 0 Å². The minimum Gasteiger partial charge on any atom is -0.444 e. The lowest BCUT2D eigenvalue weighted by Crippen LogP contribution is -2.25. The Morgan fingerprint density at radius 2 is 1.93 bits per heavy atom. The maximum absolute atomic E-state index is 11.1. The summed E-state index contributed by atoms with van der Waals surface area (Å²) in [6.45, 7) is 3.24. The summed E-state index contributed by atoms with van der Waals surface area (Å²) in [5.41, 5.74) is 5.66. The van der Waals surface area contributed by atoms with Crippen LogP contribution in [-0.4, -0.2) is 11.9 Å². The van der Waals surface area contributed by atoms with Gasteiger partial charge in [-0.3, -0.25) is 4.79 Å². The third-order valence-corrected chi connectivity index (χ3v) is 1.76. The zero-order chi connectivity index (χ0) is 11.3. The van der Waals surface area contributed by atoms with Gasteiger partial charge < -0.3 is 10.5 Å². The third-order valence-electron chi connectivity index (χ3n) is 1.76. The van der Waals surface area contributed by atoms with E-state index in [0.29, 0.717) is 5.56 Å². The van der Waals surface area contributed by atoms with Gasteiger partial charge in [0.25, 0.3) is 5.91 Å². The lowest BCUT2D eigenvalue weighted by molar-refractivity contribution is -0.150. The lowest BCUT2D eigenvalue weighted by Gasteiger charge is -2.13. The molecule has 1 aromatic rings. The minimum atomic E-state index is -1.06. The smallest absolute Gasteiger partial charge is 0.331 e. The van der Waals surface area contributed by atoms with Crippen LogP contribution in [0.4, 0.5) is 0 Å². The fourth-order valence-corrected chi connectivity index (χ4v) is 1.08. The molecule has 0 aliphatic rings. The Hall–Kier alpha value is -2.10. The van der Waals surface area contributed by atoms with Crippen molar-refractivity contribution in [2.45, 2.75) is 6.10 Å². The van der Waals surface area contributed by atoms with E-state index in [4.69, 9.17) is 10.5 Å². The summed E-state index contributed by atoms with van der Waals surface area (Å²) < 4.78 is 4.82. The van der Waals surface area contributed by atoms with E-state index in [1.54, 1.807) is 30.3 Å². The molecule has 4 nitrogen and oxygen atoms in total. The number of amides is 1. The van der Waals surface area contributed by atoms with Gasteiger partial charge in [0.15, 0.2) is 0 Å². The van der Waals surface area contributed by atoms with Crippen LogP contribution in [0.3, 0.4) is 0 Å². The molecule has 0 fully saturated rings. The summed E-state index contributed by atoms with van der Waals surface area (Å²) in [4.78, 5) is 22.0. The van der Waals surface area contributed by atoms with Crippen LogP contribution in [0.5, 0.6) is 0 Å². The monoisotopic (exact) mass is 205 g/mol. The number of esters is 1. The van der Waals surface area contributed by atoms with Gasteiger partial charge in [-0.25, -0.2) is 4.79 Å². The zero-order valence-electron chi connectivity index (χ0n) is 8.05. The van der Waals surface area contributed by atoms with Gasteiger partial charge in [-0.05, 0) is 0 Å². The zero-order valence-corrected chi connectivity index (χ0v) is 8.05. The molecule has 4 heteroatoms. The fourth-order valence-electron chi connectivity index (χ4n) is 1.08. The Balaban J connectivity index is 2.89. The number of hydrogen-bond acceptors (Lipinski definition) is 3. The molecule has 1 aromatic carbocycles. The van der Waals surface area contributed by atoms with Crippen molar-refractivity contribution < 1.29 is 14.3 Å². The first-order chi connectivity index (χ1) is 7.15. The van der Waals surface area contributed by atoms with Crippen molar-refractivity contribution in [1.82, 2.24) is 0 Å². The van der Waals surface area contributed by atoms with Crippen LogP contribution >= 0.6 is 0 Å². The van der Waals surface area contributed by atoms with Crippen molar-refractivity contribution >= 4 is 11.9 Å². The van der Waals surface area contributed by atoms with Gasteiger partial charge in [0.1, 0.15) is 0 Å². The molecule has 0 aliphatic carbocycles. The maximum Gasteiger partial charge on any atom is 0.331 e. The summed E-state index contributed by atoms with van der Waals surface area (Å²) in [5, 5.41) is 0. The Bertz CT molecular complexity index is 373. The van der Waals surface area contributed by atoms with Crippen LogP contribution in [0.15, 0.2) is 43.0 Å². The molecule has 0 aromatic heterocycles. The standard InChI is InChI=1S/C11H11NO3/c1-2-9(13)15-10(11(12)14)8-6-4-3-5-7-8/h2-7,10H,1H2,(H2,12,14). The molecule has 1 amide bonds. The molecule has 0 saturated carbocycles. The van der Waals surface area contributed by atoms with Crippen molar-refractivity contribution in [3.63, 3.8) is 0 Å². The molecule has 1 unspecified atom stereocenters. The molecular weight excluding hydrogens is 194 g/mol. The minimum absolute atomic E-state index is 0.542. The highest BCUT2D eigenvalue weighted by Crippen LogP contribution is 2.16. The lowest BCUT2D eigenvalue weighted by atomic mass is 10.1. The average molecular weight is 205 g/mol. The van der Waals surface area contributed by atoms with Crippen LogP contribution in [0.2, 0.25) is 0 Å². The van der Waals surface area contributed by atoms with E-state index in [9.17, 15) is 9.59 Å². The first kappa shape index (κ1) is 11.0. The van der Waals surface area contributed by atoms with Crippen LogP contribution in [0.1, 0.15) is 11.7 Å². The van der Waals surface area contributed by atoms with Gasteiger partial charge in [-0.2, -0.15) is 0 Å². The first-order valence-electron chi connectivity index (χ1n) is 4.32. The van der Waals surface area contributed by atoms with E-state index < -0.39 is 18.0 Å². The number of rotatable bonds is 4. The number of nitrogens with two attached hydrogens (primary N) is 1. The summed E-state index contributed by atoms with van der Waals surface area (Å²) in [6.07, 6.45) is -0.0736. The molecule has 15 heavy (non-hydrogen) atoms. The molecular formula is C11H11NO3. The van der Waals surface area contributed by atoms with Gasteiger partial charge >= 0.3 is 5.97 Å². The van der Waals surface area contributed by atoms with Gasteiger partial charge in [0.2, 0.25) is 6.10 Å². The third kappa shape index (κ3) is 2.95. The van der Waals surface area contributed by atoms with Crippen LogP contribution in [0, 0.1) is 0 Å². The molecule has 0 saturated heterocycles. The Morgan fingerprint density at radius 3 is 2.40 bits per heavy atom. The highest BCUT2D eigenvalue weighted by atomic mass is 16.5. The van der Waals surface area contributed by atoms with Crippen molar-refractivity contribution in [3.05, 3.63) is 48.6 Å². The van der Waals surface area contributed by atoms with Gasteiger partial charge in [0.05, 0.1) is 0 Å². The van der Waals surface area contributed by atoms with Crippen LogP contribution < -0.4 is 5.73 Å². The molecule has 1 rings (SSSR count). The van der Waals surface area contributed by atoms with Crippen LogP contribution in [-0.2, 0) is 14.3 Å². The molecule has 0 aliphatic heterocycles. The van der Waals surface area contributed by atoms with E-state index in [-0.39, 0.29) is 0 Å². The second kappa shape index (κ2) is 4.95. The SMILES string of the molecule is C=CC(=O)OC(C(N)=O)c1ccccc1. The summed E-state index contributed by atoms with van der Waals surface area (Å²) in [5.74, 6) is -1.39. The number of primary amides is 1. The quantitative estimate of drug-likeness (QED) is 0.587. The second-order valence-electron chi connectivity index (χ2n) is 2.83. The number of carbonyl (C=O) groups is 2. The van der Waals surface area contributed by atoms with Gasteiger partial charge in [-0.15, -0.1) is 0 Å². The predicted octanol–water partition coefficient (Wildman–Crippen LogP) is 0.942. The van der Waals surface area contributed by atoms with E-state index in [2.05, 4.69) is 6.58 Å². The maximum atomic E-state index is 11.1. The van der Waals surface area contributed by atoms with Crippen molar-refractivity contribution in [2.75, 3.05) is 0 Å². The number of hydrogen-bond donors (Lipinski definition) is 1. The van der Waals surface area contributed by atoms with Gasteiger partial charge in [-0.1, -0.05) is 36.9 Å². The van der Waals surface area contributed by atoms with Crippen molar-refractivity contribution in [2.24, 2.45) is 5.73 Å². The Kier molecular flexibility index (Phi) is 3.62. The fraction of sp³-hybridized carbons (Fsp3) is 0.0909. The number of carbonyl (C=O) groups excluding carboxylic acids is 2. The normalized spacial score (nSPS) is 11.5. The second-order valence-corrected chi connectivity index (χ2v) is 2.83. The van der Waals surface area contributed by atoms with Gasteiger partial charge in [0, 0.05) is 11.6 Å². The summed E-state index contributed by atoms with van der Waals surface area (Å²) in [6, 6.07) is 8.56. The molecule has 2 N–H and O–H groups in total. The van der Waals surface area contributed by atoms with Crippen molar-refractivity contribution in [1.29, 1.82) is 0 Å². The van der Waals surface area contributed by atoms with E-state index in [0.717, 1.165) is 6.08 Å². The number of ether oxygens (including phenoxy) is 1. The Labute approximate surface area is 87.3 Å². The molecule has 0 bridgehead atoms. The molecule has 78 valence electrons. The number of benzene rings is 1. The molecule has 1 atom stereocenters. The summed E-state index contributed by atoms with van der Waals surface area (Å²) >= 11 is 0. The largest absolute Gasteiger partial charge is 0.444 e. The van der Waals surface area contributed by atoms with E-state index in [1.807, 2.05) is 0 Å². The Morgan fingerprint density at radius 1 is 1.33 bits per heavy atom. The van der Waals surface area contributed by atoms with Crippen LogP contribution in [0.25, 0.3) is 0 Å². The first-order valence-corrected chi connectivity index (χ1v) is 4.32. The van der Waals surface area contributed by atoms with Crippen molar-refractivity contribution in [3.8, 4) is 0 Å². The molecule has 0 spiro atoms.